The number of piperidine rings is 2. The number of nitrogens with zero attached hydrogens (tertiary/aromatic N) is 1. The van der Waals surface area contributed by atoms with Crippen molar-refractivity contribution in [1.82, 2.24) is 4.31 Å². The number of carbonyl (C=O) groups is 2. The maximum Gasteiger partial charge on any atom is 0.314 e. The number of amides is 1. The van der Waals surface area contributed by atoms with Gasteiger partial charge in [-0.3, -0.25) is 9.59 Å². The topological polar surface area (TPSA) is 80.8 Å². The second-order valence-corrected chi connectivity index (χ2v) is 12.2. The van der Waals surface area contributed by atoms with Crippen LogP contribution in [0.2, 0.25) is 0 Å². The summed E-state index contributed by atoms with van der Waals surface area (Å²) < 4.78 is 34.1. The molecule has 1 saturated carbocycles. The van der Waals surface area contributed by atoms with E-state index in [1.165, 1.54) is 19.2 Å². The predicted octanol–water partition coefficient (Wildman–Crippen LogP) is 4.40. The zero-order chi connectivity index (χ0) is 24.5. The Morgan fingerprint density at radius 3 is 2.30 bits per heavy atom. The summed E-state index contributed by atoms with van der Waals surface area (Å²) in [6, 6.07) is 5.64. The van der Waals surface area contributed by atoms with Gasteiger partial charge in [-0.1, -0.05) is 47.9 Å². The first-order valence-electron chi connectivity index (χ1n) is 11.4. The number of ether oxygens (including phenoxy) is 1. The summed E-state index contributed by atoms with van der Waals surface area (Å²) in [5.74, 6) is -1.89. The van der Waals surface area contributed by atoms with Crippen molar-refractivity contribution in [3.05, 3.63) is 53.1 Å². The summed E-state index contributed by atoms with van der Waals surface area (Å²) in [6.45, 7) is 13.9. The van der Waals surface area contributed by atoms with Gasteiger partial charge in [-0.05, 0) is 65.0 Å². The molecule has 7 heteroatoms. The molecule has 1 aromatic carbocycles. The third-order valence-electron chi connectivity index (χ3n) is 8.66. The molecule has 178 valence electrons. The molecule has 0 N–H and O–H groups in total. The van der Waals surface area contributed by atoms with E-state index in [1.54, 1.807) is 12.1 Å². The highest BCUT2D eigenvalue weighted by molar-refractivity contribution is 7.89. The Balaban J connectivity index is 1.98. The lowest BCUT2D eigenvalue weighted by Gasteiger charge is -2.65. The smallest absolute Gasteiger partial charge is 0.314 e. The monoisotopic (exact) mass is 471 g/mol. The van der Waals surface area contributed by atoms with Gasteiger partial charge in [0.2, 0.25) is 5.91 Å². The van der Waals surface area contributed by atoms with Gasteiger partial charge in [0.15, 0.2) is 0 Å². The van der Waals surface area contributed by atoms with E-state index in [4.69, 9.17) is 4.74 Å². The van der Waals surface area contributed by atoms with Crippen LogP contribution in [0.1, 0.15) is 52.5 Å². The molecule has 0 unspecified atom stereocenters. The van der Waals surface area contributed by atoms with Crippen molar-refractivity contribution >= 4 is 21.9 Å². The van der Waals surface area contributed by atoms with Gasteiger partial charge in [0, 0.05) is 5.41 Å². The summed E-state index contributed by atoms with van der Waals surface area (Å²) >= 11 is 0. The molecule has 6 nitrogen and oxygen atoms in total. The summed E-state index contributed by atoms with van der Waals surface area (Å²) in [5, 5.41) is 0. The second-order valence-electron chi connectivity index (χ2n) is 10.4. The van der Waals surface area contributed by atoms with Crippen LogP contribution in [0.25, 0.3) is 0 Å². The lowest BCUT2D eigenvalue weighted by atomic mass is 9.43. The van der Waals surface area contributed by atoms with Crippen LogP contribution in [0.3, 0.4) is 0 Å². The predicted molar refractivity (Wildman–Crippen MR) is 126 cm³/mol. The molecule has 1 amide bonds. The van der Waals surface area contributed by atoms with Gasteiger partial charge in [0.1, 0.15) is 0 Å². The number of methoxy groups -OCH3 is 1. The van der Waals surface area contributed by atoms with Gasteiger partial charge in [-0.15, -0.1) is 0 Å². The van der Waals surface area contributed by atoms with E-state index < -0.39 is 44.7 Å². The molecule has 0 spiro atoms. The highest BCUT2D eigenvalue weighted by Gasteiger charge is 2.73. The lowest BCUT2D eigenvalue weighted by molar-refractivity contribution is -0.195. The summed E-state index contributed by atoms with van der Waals surface area (Å²) in [7, 11) is -2.82. The molecule has 0 aromatic heterocycles. The summed E-state index contributed by atoms with van der Waals surface area (Å²) in [6.07, 6.45) is 1.30. The number of aryl methyl sites for hydroxylation is 1. The zero-order valence-electron chi connectivity index (χ0n) is 20.3. The minimum Gasteiger partial charge on any atom is -0.469 e. The van der Waals surface area contributed by atoms with E-state index in [0.29, 0.717) is 19.3 Å². The fourth-order valence-corrected chi connectivity index (χ4v) is 8.12. The number of sulfonamides is 1. The number of benzene rings is 1. The van der Waals surface area contributed by atoms with Crippen LogP contribution >= 0.6 is 0 Å². The maximum atomic E-state index is 14.0. The molecule has 5 rings (SSSR count). The van der Waals surface area contributed by atoms with Crippen LogP contribution in [0.5, 0.6) is 0 Å². The molecule has 4 aliphatic rings. The van der Waals surface area contributed by atoms with Crippen LogP contribution in [-0.4, -0.2) is 37.8 Å². The molecule has 2 aliphatic carbocycles. The normalized spacial score (nSPS) is 33.7. The molecule has 3 fully saturated rings. The van der Waals surface area contributed by atoms with Gasteiger partial charge in [0.05, 0.1) is 29.4 Å². The molecule has 33 heavy (non-hydrogen) atoms. The fraction of sp³-hybridized carbons (Fsp3) is 0.538. The minimum atomic E-state index is -4.17. The van der Waals surface area contributed by atoms with Gasteiger partial charge in [-0.2, -0.15) is 0 Å². The van der Waals surface area contributed by atoms with Gasteiger partial charge in [0.25, 0.3) is 10.0 Å². The first-order valence-corrected chi connectivity index (χ1v) is 12.8. The largest absolute Gasteiger partial charge is 0.469 e. The molecular formula is C26H33NO5S. The molecule has 2 bridgehead atoms. The number of allylic oxidation sites excluding steroid dienone is 3. The van der Waals surface area contributed by atoms with Crippen molar-refractivity contribution in [2.24, 2.45) is 22.7 Å². The molecule has 2 heterocycles. The highest BCUT2D eigenvalue weighted by Crippen LogP contribution is 2.66. The number of rotatable bonds is 4. The first kappa shape index (κ1) is 23.7. The van der Waals surface area contributed by atoms with Crippen LogP contribution in [0.15, 0.2) is 52.5 Å². The van der Waals surface area contributed by atoms with E-state index in [2.05, 4.69) is 6.58 Å². The summed E-state index contributed by atoms with van der Waals surface area (Å²) in [5.41, 5.74) is 2.25. The van der Waals surface area contributed by atoms with Crippen molar-refractivity contribution < 1.29 is 22.7 Å². The molecular weight excluding hydrogens is 438 g/mol. The number of hydrogen-bond acceptors (Lipinski definition) is 5. The van der Waals surface area contributed by atoms with Gasteiger partial charge >= 0.3 is 5.97 Å². The Morgan fingerprint density at radius 2 is 1.76 bits per heavy atom. The van der Waals surface area contributed by atoms with E-state index in [0.717, 1.165) is 26.6 Å². The van der Waals surface area contributed by atoms with Crippen molar-refractivity contribution in [3.63, 3.8) is 0 Å². The van der Waals surface area contributed by atoms with Crippen LogP contribution in [0.4, 0.5) is 0 Å². The lowest BCUT2D eigenvalue weighted by Crippen LogP contribution is -2.74. The second kappa shape index (κ2) is 7.55. The van der Waals surface area contributed by atoms with E-state index in [-0.39, 0.29) is 10.8 Å². The van der Waals surface area contributed by atoms with E-state index in [1.807, 2.05) is 34.6 Å². The third kappa shape index (κ3) is 3.07. The fourth-order valence-electron chi connectivity index (χ4n) is 6.47. The Bertz CT molecular complexity index is 1180. The number of fused-ring (bicyclic) bond motifs is 2. The molecule has 0 radical (unpaired) electrons. The van der Waals surface area contributed by atoms with Crippen molar-refractivity contribution in [1.29, 1.82) is 0 Å². The highest BCUT2D eigenvalue weighted by atomic mass is 32.2. The Hall–Kier alpha value is -2.41. The maximum absolute atomic E-state index is 14.0. The number of hydrogen-bond donors (Lipinski definition) is 0. The average Bonchev–Trinajstić information content (AvgIpc) is 2.74. The average molecular weight is 472 g/mol. The Kier molecular flexibility index (Phi) is 5.43. The van der Waals surface area contributed by atoms with Crippen LogP contribution in [0, 0.1) is 29.6 Å². The van der Waals surface area contributed by atoms with Crippen LogP contribution < -0.4 is 0 Å². The Labute approximate surface area is 196 Å². The zero-order valence-corrected chi connectivity index (χ0v) is 21.1. The van der Waals surface area contributed by atoms with Gasteiger partial charge < -0.3 is 4.74 Å². The third-order valence-corrected chi connectivity index (χ3v) is 10.5. The van der Waals surface area contributed by atoms with Crippen LogP contribution in [-0.2, 0) is 24.3 Å². The number of esters is 1. The summed E-state index contributed by atoms with van der Waals surface area (Å²) in [4.78, 5) is 27.6. The molecule has 2 aliphatic heterocycles. The van der Waals surface area contributed by atoms with Gasteiger partial charge in [-0.25, -0.2) is 12.7 Å². The van der Waals surface area contributed by atoms with E-state index in [9.17, 15) is 18.0 Å². The van der Waals surface area contributed by atoms with E-state index >= 15 is 0 Å². The number of carbonyl (C=O) groups excluding carboxylic acids is 2. The molecule has 1 aromatic rings. The minimum absolute atomic E-state index is 0.0573. The first-order chi connectivity index (χ1) is 15.3. The molecule has 2 saturated heterocycles. The SMILES string of the molecule is C=C(C)[C@]1(C)C[C@H]2N(S(=O)(=O)c3ccc(C)cc3)C(=O)[C@@H]1[C@@H]1CC(C)=C(C)C[C@@]12C(=O)OC. The Morgan fingerprint density at radius 1 is 1.15 bits per heavy atom. The van der Waals surface area contributed by atoms with Crippen molar-refractivity contribution in [2.45, 2.75) is 64.8 Å². The quantitative estimate of drug-likeness (QED) is 0.480. The van der Waals surface area contributed by atoms with Crippen molar-refractivity contribution in [3.8, 4) is 0 Å². The standard InChI is InChI=1S/C26H33NO5S/c1-15(2)25(6)14-21-26(24(29)32-7)13-18(5)17(4)12-20(26)22(25)23(28)27(21)33(30,31)19-10-8-16(3)9-11-19/h8-11,20-22H,1,12-14H2,2-7H3/t20-,21+,22-,25-,26+/m0/s1. The van der Waals surface area contributed by atoms with Crippen molar-refractivity contribution in [2.75, 3.05) is 7.11 Å². The molecule has 5 atom stereocenters.